The number of aryl methyl sites for hydroxylation is 1. The second-order valence-corrected chi connectivity index (χ2v) is 5.69. The van der Waals surface area contributed by atoms with Crippen LogP contribution < -0.4 is 5.32 Å². The van der Waals surface area contributed by atoms with Crippen molar-refractivity contribution in [3.8, 4) is 11.4 Å². The first kappa shape index (κ1) is 14.4. The fraction of sp³-hybridized carbons (Fsp3) is 0.105. The van der Waals surface area contributed by atoms with Crippen LogP contribution in [0, 0.1) is 6.92 Å². The van der Waals surface area contributed by atoms with Crippen molar-refractivity contribution >= 4 is 16.9 Å². The van der Waals surface area contributed by atoms with Crippen LogP contribution in [0.5, 0.6) is 0 Å². The normalized spacial score (nSPS) is 10.9. The minimum atomic E-state index is 0.611. The average molecular weight is 315 g/mol. The summed E-state index contributed by atoms with van der Waals surface area (Å²) in [5.41, 5.74) is 5.04. The summed E-state index contributed by atoms with van der Waals surface area (Å²) >= 11 is 0. The van der Waals surface area contributed by atoms with Gasteiger partial charge in [-0.2, -0.15) is 0 Å². The van der Waals surface area contributed by atoms with Crippen LogP contribution in [0.2, 0.25) is 0 Å². The summed E-state index contributed by atoms with van der Waals surface area (Å²) in [7, 11) is 0. The molecule has 3 aromatic heterocycles. The molecule has 2 N–H and O–H groups in total. The van der Waals surface area contributed by atoms with E-state index in [-0.39, 0.29) is 0 Å². The monoisotopic (exact) mass is 315 g/mol. The number of nitrogens with zero attached hydrogens (tertiary/aromatic N) is 3. The van der Waals surface area contributed by atoms with Crippen LogP contribution in [0.25, 0.3) is 22.4 Å². The molecule has 24 heavy (non-hydrogen) atoms. The Morgan fingerprint density at radius 1 is 1.00 bits per heavy atom. The highest BCUT2D eigenvalue weighted by molar-refractivity contribution is 5.88. The lowest BCUT2D eigenvalue weighted by Crippen LogP contribution is -2.03. The van der Waals surface area contributed by atoms with E-state index in [1.54, 1.807) is 12.4 Å². The van der Waals surface area contributed by atoms with E-state index >= 15 is 0 Å². The Hall–Kier alpha value is -3.21. The number of hydrogen-bond donors (Lipinski definition) is 2. The van der Waals surface area contributed by atoms with Crippen LogP contribution in [0.4, 0.5) is 5.82 Å². The highest BCUT2D eigenvalue weighted by atomic mass is 15.0. The Morgan fingerprint density at radius 2 is 1.96 bits per heavy atom. The second kappa shape index (κ2) is 6.12. The van der Waals surface area contributed by atoms with Gasteiger partial charge in [-0.3, -0.25) is 4.98 Å². The van der Waals surface area contributed by atoms with E-state index in [1.165, 1.54) is 5.56 Å². The molecule has 0 aliphatic rings. The van der Waals surface area contributed by atoms with Gasteiger partial charge in [0.05, 0.1) is 17.8 Å². The van der Waals surface area contributed by atoms with Crippen molar-refractivity contribution in [3.63, 3.8) is 0 Å². The molecule has 5 heteroatoms. The van der Waals surface area contributed by atoms with Gasteiger partial charge < -0.3 is 10.3 Å². The molecule has 0 aliphatic carbocycles. The maximum atomic E-state index is 4.74. The van der Waals surface area contributed by atoms with Crippen molar-refractivity contribution < 1.29 is 0 Å². The molecule has 0 spiro atoms. The average Bonchev–Trinajstić information content (AvgIpc) is 3.06. The molecule has 0 amide bonds. The third kappa shape index (κ3) is 2.84. The van der Waals surface area contributed by atoms with E-state index in [9.17, 15) is 0 Å². The summed E-state index contributed by atoms with van der Waals surface area (Å²) < 4.78 is 0. The van der Waals surface area contributed by atoms with Gasteiger partial charge in [0.15, 0.2) is 5.82 Å². The lowest BCUT2D eigenvalue weighted by molar-refractivity contribution is 1.03. The molecule has 0 aliphatic heterocycles. The second-order valence-electron chi connectivity index (χ2n) is 5.69. The zero-order valence-corrected chi connectivity index (χ0v) is 13.3. The van der Waals surface area contributed by atoms with Crippen LogP contribution in [0.1, 0.15) is 11.3 Å². The molecule has 3 heterocycles. The van der Waals surface area contributed by atoms with Crippen molar-refractivity contribution in [1.29, 1.82) is 0 Å². The minimum absolute atomic E-state index is 0.611. The molecule has 118 valence electrons. The molecule has 0 bridgehead atoms. The van der Waals surface area contributed by atoms with Crippen LogP contribution in [-0.4, -0.2) is 19.9 Å². The number of rotatable bonds is 4. The van der Waals surface area contributed by atoms with Crippen LogP contribution in [-0.2, 0) is 6.54 Å². The minimum Gasteiger partial charge on any atom is -0.363 e. The van der Waals surface area contributed by atoms with Crippen LogP contribution >= 0.6 is 0 Å². The number of benzene rings is 1. The summed E-state index contributed by atoms with van der Waals surface area (Å²) in [5, 5.41) is 3.32. The van der Waals surface area contributed by atoms with Crippen LogP contribution in [0.15, 0.2) is 60.9 Å². The molecule has 0 fully saturated rings. The number of hydrogen-bond acceptors (Lipinski definition) is 4. The molecular weight excluding hydrogens is 298 g/mol. The summed E-state index contributed by atoms with van der Waals surface area (Å²) in [5.74, 6) is 1.61. The zero-order valence-electron chi connectivity index (χ0n) is 13.3. The molecule has 0 unspecified atom stereocenters. The highest BCUT2D eigenvalue weighted by Crippen LogP contribution is 2.24. The number of anilines is 1. The van der Waals surface area contributed by atoms with E-state index in [0.29, 0.717) is 6.54 Å². The predicted octanol–water partition coefficient (Wildman–Crippen LogP) is 3.94. The Kier molecular flexibility index (Phi) is 3.67. The summed E-state index contributed by atoms with van der Waals surface area (Å²) in [6, 6.07) is 16.1. The zero-order chi connectivity index (χ0) is 16.4. The lowest BCUT2D eigenvalue weighted by Gasteiger charge is -2.05. The van der Waals surface area contributed by atoms with Crippen LogP contribution in [0.3, 0.4) is 0 Å². The maximum absolute atomic E-state index is 4.74. The number of imidazole rings is 1. The van der Waals surface area contributed by atoms with E-state index < -0.39 is 0 Å². The highest BCUT2D eigenvalue weighted by Gasteiger charge is 2.10. The Morgan fingerprint density at radius 3 is 2.79 bits per heavy atom. The largest absolute Gasteiger partial charge is 0.363 e. The van der Waals surface area contributed by atoms with E-state index in [2.05, 4.69) is 45.4 Å². The summed E-state index contributed by atoms with van der Waals surface area (Å²) in [4.78, 5) is 16.8. The van der Waals surface area contributed by atoms with Crippen molar-refractivity contribution in [2.45, 2.75) is 13.5 Å². The summed E-state index contributed by atoms with van der Waals surface area (Å²) in [6.45, 7) is 2.69. The van der Waals surface area contributed by atoms with Crippen molar-refractivity contribution in [2.24, 2.45) is 0 Å². The maximum Gasteiger partial charge on any atom is 0.154 e. The first-order valence-electron chi connectivity index (χ1n) is 7.85. The van der Waals surface area contributed by atoms with E-state index in [1.807, 2.05) is 30.3 Å². The van der Waals surface area contributed by atoms with Crippen molar-refractivity contribution in [2.75, 3.05) is 5.32 Å². The van der Waals surface area contributed by atoms with Crippen molar-refractivity contribution in [3.05, 3.63) is 72.2 Å². The number of aromatic nitrogens is 4. The molecule has 0 radical (unpaired) electrons. The molecular formula is C19H17N5. The van der Waals surface area contributed by atoms with Gasteiger partial charge in [0.25, 0.3) is 0 Å². The Bertz CT molecular complexity index is 975. The topological polar surface area (TPSA) is 66.5 Å². The molecule has 0 saturated heterocycles. The number of fused-ring (bicyclic) bond motifs is 1. The first-order valence-corrected chi connectivity index (χ1v) is 7.85. The molecule has 4 aromatic rings. The molecule has 0 atom stereocenters. The Balaban J connectivity index is 1.67. The quantitative estimate of drug-likeness (QED) is 0.598. The van der Waals surface area contributed by atoms with Gasteiger partial charge in [-0.15, -0.1) is 0 Å². The lowest BCUT2D eigenvalue weighted by atomic mass is 10.1. The van der Waals surface area contributed by atoms with Gasteiger partial charge in [-0.25, -0.2) is 9.97 Å². The van der Waals surface area contributed by atoms with Gasteiger partial charge in [-0.1, -0.05) is 29.8 Å². The SMILES string of the molecule is Cc1cccc(-c2nc3c(NCc4ccccn4)nccc3[nH]2)c1. The molecule has 1 aromatic carbocycles. The van der Waals surface area contributed by atoms with Gasteiger partial charge in [0, 0.05) is 18.0 Å². The third-order valence-corrected chi connectivity index (χ3v) is 3.86. The van der Waals surface area contributed by atoms with E-state index in [0.717, 1.165) is 33.9 Å². The number of nitrogens with one attached hydrogen (secondary N) is 2. The number of pyridine rings is 2. The van der Waals surface area contributed by atoms with Gasteiger partial charge >= 0.3 is 0 Å². The summed E-state index contributed by atoms with van der Waals surface area (Å²) in [6.07, 6.45) is 3.57. The third-order valence-electron chi connectivity index (χ3n) is 3.86. The smallest absolute Gasteiger partial charge is 0.154 e. The fourth-order valence-electron chi connectivity index (χ4n) is 2.67. The van der Waals surface area contributed by atoms with E-state index in [4.69, 9.17) is 4.98 Å². The first-order chi connectivity index (χ1) is 11.8. The standard InChI is InChI=1S/C19H17N5/c1-13-5-4-6-14(11-13)18-23-16-8-10-21-19(17(16)24-18)22-12-15-7-2-3-9-20-15/h2-11H,12H2,1H3,(H,21,22)(H,23,24). The van der Waals surface area contributed by atoms with Gasteiger partial charge in [0.2, 0.25) is 0 Å². The Labute approximate surface area is 139 Å². The predicted molar refractivity (Wildman–Crippen MR) is 95.6 cm³/mol. The molecule has 0 saturated carbocycles. The molecule has 5 nitrogen and oxygen atoms in total. The van der Waals surface area contributed by atoms with Crippen molar-refractivity contribution in [1.82, 2.24) is 19.9 Å². The van der Waals surface area contributed by atoms with Gasteiger partial charge in [0.1, 0.15) is 11.3 Å². The molecule has 4 rings (SSSR count). The fourth-order valence-corrected chi connectivity index (χ4v) is 2.67. The number of aromatic amines is 1. The van der Waals surface area contributed by atoms with Gasteiger partial charge in [-0.05, 0) is 31.2 Å². The number of H-pyrrole nitrogens is 1.